The summed E-state index contributed by atoms with van der Waals surface area (Å²) in [7, 11) is 1.65. The second kappa shape index (κ2) is 11.0. The van der Waals surface area contributed by atoms with Crippen molar-refractivity contribution < 1.29 is 18.6 Å². The van der Waals surface area contributed by atoms with Crippen LogP contribution in [0.5, 0.6) is 11.5 Å². The van der Waals surface area contributed by atoms with E-state index in [1.165, 1.54) is 11.6 Å². The molecule has 0 aliphatic carbocycles. The van der Waals surface area contributed by atoms with Gasteiger partial charge in [0.2, 0.25) is 0 Å². The van der Waals surface area contributed by atoms with Crippen LogP contribution in [0, 0.1) is 12.7 Å². The van der Waals surface area contributed by atoms with Gasteiger partial charge in [0.1, 0.15) is 12.4 Å². The first-order chi connectivity index (χ1) is 14.6. The standard InChI is InChI=1S/C22H26FN3O3S/c1-16-8-10-18(11-9-16)28-12-13-30-22-25-24-21(26(22)17(2)14-27-3)15-29-20-7-5-4-6-19(20)23/h4-11,17H,12-15H2,1-3H3/t17-/m0/s1. The lowest BCUT2D eigenvalue weighted by molar-refractivity contribution is 0.154. The predicted molar refractivity (Wildman–Crippen MR) is 115 cm³/mol. The minimum Gasteiger partial charge on any atom is -0.493 e. The van der Waals surface area contributed by atoms with Gasteiger partial charge in [-0.05, 0) is 38.1 Å². The molecule has 6 nitrogen and oxygen atoms in total. The number of hydrogen-bond acceptors (Lipinski definition) is 6. The topological polar surface area (TPSA) is 58.4 Å². The maximum atomic E-state index is 13.8. The lowest BCUT2D eigenvalue weighted by atomic mass is 10.2. The smallest absolute Gasteiger partial charge is 0.191 e. The van der Waals surface area contributed by atoms with Crippen LogP contribution in [0.15, 0.2) is 53.7 Å². The molecule has 0 radical (unpaired) electrons. The fourth-order valence-electron chi connectivity index (χ4n) is 2.89. The number of benzene rings is 2. The van der Waals surface area contributed by atoms with E-state index in [1.807, 2.05) is 42.7 Å². The van der Waals surface area contributed by atoms with E-state index in [4.69, 9.17) is 14.2 Å². The van der Waals surface area contributed by atoms with Gasteiger partial charge in [-0.3, -0.25) is 4.57 Å². The molecule has 30 heavy (non-hydrogen) atoms. The van der Waals surface area contributed by atoms with Gasteiger partial charge in [0, 0.05) is 12.9 Å². The van der Waals surface area contributed by atoms with Gasteiger partial charge in [-0.15, -0.1) is 10.2 Å². The maximum Gasteiger partial charge on any atom is 0.191 e. The van der Waals surface area contributed by atoms with Crippen LogP contribution in [-0.2, 0) is 11.3 Å². The molecular weight excluding hydrogens is 405 g/mol. The second-order valence-corrected chi connectivity index (χ2v) is 7.86. The first kappa shape index (κ1) is 22.1. The Labute approximate surface area is 180 Å². The Morgan fingerprint density at radius 1 is 1.07 bits per heavy atom. The highest BCUT2D eigenvalue weighted by Gasteiger charge is 2.19. The summed E-state index contributed by atoms with van der Waals surface area (Å²) in [6, 6.07) is 14.3. The van der Waals surface area contributed by atoms with Crippen molar-refractivity contribution >= 4 is 11.8 Å². The number of para-hydroxylation sites is 1. The highest BCUT2D eigenvalue weighted by Crippen LogP contribution is 2.24. The third-order valence-electron chi connectivity index (χ3n) is 4.38. The van der Waals surface area contributed by atoms with Crippen LogP contribution >= 0.6 is 11.8 Å². The molecule has 160 valence electrons. The summed E-state index contributed by atoms with van der Waals surface area (Å²) < 4.78 is 32.5. The van der Waals surface area contributed by atoms with Crippen molar-refractivity contribution in [2.24, 2.45) is 0 Å². The van der Waals surface area contributed by atoms with Crippen LogP contribution in [-0.4, -0.2) is 40.8 Å². The number of nitrogens with zero attached hydrogens (tertiary/aromatic N) is 3. The molecule has 0 amide bonds. The fraction of sp³-hybridized carbons (Fsp3) is 0.364. The molecule has 1 aromatic heterocycles. The first-order valence-corrected chi connectivity index (χ1v) is 10.7. The molecule has 0 saturated heterocycles. The molecule has 0 N–H and O–H groups in total. The molecule has 3 aromatic rings. The van der Waals surface area contributed by atoms with Gasteiger partial charge in [-0.1, -0.05) is 41.6 Å². The molecule has 0 fully saturated rings. The molecule has 1 atom stereocenters. The molecular formula is C22H26FN3O3S. The van der Waals surface area contributed by atoms with E-state index in [2.05, 4.69) is 10.2 Å². The van der Waals surface area contributed by atoms with E-state index in [0.29, 0.717) is 24.8 Å². The summed E-state index contributed by atoms with van der Waals surface area (Å²) in [6.07, 6.45) is 0. The molecule has 0 unspecified atom stereocenters. The number of aromatic nitrogens is 3. The van der Waals surface area contributed by atoms with Crippen LogP contribution in [0.3, 0.4) is 0 Å². The van der Waals surface area contributed by atoms with Crippen LogP contribution in [0.25, 0.3) is 0 Å². The zero-order valence-electron chi connectivity index (χ0n) is 17.4. The SMILES string of the molecule is COC[C@H](C)n1c(COc2ccccc2F)nnc1SCCOc1ccc(C)cc1. The Bertz CT molecular complexity index is 934. The monoisotopic (exact) mass is 431 g/mol. The number of rotatable bonds is 11. The summed E-state index contributed by atoms with van der Waals surface area (Å²) in [5.74, 6) is 1.95. The van der Waals surface area contributed by atoms with Gasteiger partial charge in [-0.2, -0.15) is 0 Å². The lowest BCUT2D eigenvalue weighted by Crippen LogP contribution is -2.17. The molecule has 0 aliphatic heterocycles. The zero-order valence-corrected chi connectivity index (χ0v) is 18.2. The van der Waals surface area contributed by atoms with Gasteiger partial charge >= 0.3 is 0 Å². The molecule has 2 aromatic carbocycles. The van der Waals surface area contributed by atoms with E-state index < -0.39 is 5.82 Å². The molecule has 1 heterocycles. The van der Waals surface area contributed by atoms with Crippen LogP contribution < -0.4 is 9.47 Å². The molecule has 0 saturated carbocycles. The Kier molecular flexibility index (Phi) is 8.10. The van der Waals surface area contributed by atoms with Gasteiger partial charge in [0.15, 0.2) is 22.5 Å². The Balaban J connectivity index is 1.63. The molecule has 3 rings (SSSR count). The van der Waals surface area contributed by atoms with Crippen molar-refractivity contribution in [1.82, 2.24) is 14.8 Å². The van der Waals surface area contributed by atoms with Gasteiger partial charge < -0.3 is 14.2 Å². The third-order valence-corrected chi connectivity index (χ3v) is 5.29. The zero-order chi connectivity index (χ0) is 21.3. The highest BCUT2D eigenvalue weighted by atomic mass is 32.2. The summed E-state index contributed by atoms with van der Waals surface area (Å²) in [5, 5.41) is 9.31. The van der Waals surface area contributed by atoms with Gasteiger partial charge in [0.05, 0.1) is 19.3 Å². The predicted octanol–water partition coefficient (Wildman–Crippen LogP) is 4.68. The molecule has 0 bridgehead atoms. The van der Waals surface area contributed by atoms with E-state index >= 15 is 0 Å². The summed E-state index contributed by atoms with van der Waals surface area (Å²) in [5.41, 5.74) is 1.20. The quantitative estimate of drug-likeness (QED) is 0.324. The van der Waals surface area contributed by atoms with Crippen LogP contribution in [0.4, 0.5) is 4.39 Å². The summed E-state index contributed by atoms with van der Waals surface area (Å²) in [6.45, 7) is 5.22. The van der Waals surface area contributed by atoms with Crippen LogP contribution in [0.2, 0.25) is 0 Å². The van der Waals surface area contributed by atoms with Crippen molar-refractivity contribution in [3.05, 3.63) is 65.7 Å². The number of thioether (sulfide) groups is 1. The van der Waals surface area contributed by atoms with E-state index in [0.717, 1.165) is 10.9 Å². The molecule has 8 heteroatoms. The average Bonchev–Trinajstić information content (AvgIpc) is 3.15. The Hall–Kier alpha value is -2.58. The van der Waals surface area contributed by atoms with Crippen molar-refractivity contribution in [2.45, 2.75) is 31.7 Å². The molecule has 0 aliphatic rings. The van der Waals surface area contributed by atoms with Gasteiger partial charge in [0.25, 0.3) is 0 Å². The minimum absolute atomic E-state index is 0.00439. The van der Waals surface area contributed by atoms with Crippen molar-refractivity contribution in [3.8, 4) is 11.5 Å². The third kappa shape index (κ3) is 5.96. The van der Waals surface area contributed by atoms with Gasteiger partial charge in [-0.25, -0.2) is 4.39 Å². The summed E-state index contributed by atoms with van der Waals surface area (Å²) >= 11 is 1.55. The average molecular weight is 432 g/mol. The summed E-state index contributed by atoms with van der Waals surface area (Å²) in [4.78, 5) is 0. The van der Waals surface area contributed by atoms with E-state index in [-0.39, 0.29) is 18.4 Å². The fourth-order valence-corrected chi connectivity index (χ4v) is 3.77. The molecule has 0 spiro atoms. The maximum absolute atomic E-state index is 13.8. The highest BCUT2D eigenvalue weighted by molar-refractivity contribution is 7.99. The van der Waals surface area contributed by atoms with E-state index in [9.17, 15) is 4.39 Å². The van der Waals surface area contributed by atoms with Crippen molar-refractivity contribution in [3.63, 3.8) is 0 Å². The van der Waals surface area contributed by atoms with E-state index in [1.54, 1.807) is 37.1 Å². The largest absolute Gasteiger partial charge is 0.493 e. The second-order valence-electron chi connectivity index (χ2n) is 6.80. The number of hydrogen-bond donors (Lipinski definition) is 0. The Morgan fingerprint density at radius 2 is 1.83 bits per heavy atom. The number of aryl methyl sites for hydroxylation is 1. The first-order valence-electron chi connectivity index (χ1n) is 9.70. The normalized spacial score (nSPS) is 12.0. The van der Waals surface area contributed by atoms with Crippen molar-refractivity contribution in [2.75, 3.05) is 26.1 Å². The minimum atomic E-state index is -0.406. The lowest BCUT2D eigenvalue weighted by Gasteiger charge is -2.17. The number of methoxy groups -OCH3 is 1. The van der Waals surface area contributed by atoms with Crippen LogP contribution in [0.1, 0.15) is 24.4 Å². The number of halogens is 1. The van der Waals surface area contributed by atoms with Crippen molar-refractivity contribution in [1.29, 1.82) is 0 Å². The number of ether oxygens (including phenoxy) is 3. The Morgan fingerprint density at radius 3 is 2.57 bits per heavy atom.